The van der Waals surface area contributed by atoms with Crippen molar-refractivity contribution in [3.05, 3.63) is 0 Å². The van der Waals surface area contributed by atoms with Crippen LogP contribution in [0.25, 0.3) is 0 Å². The van der Waals surface area contributed by atoms with Gasteiger partial charge in [-0.1, -0.05) is 0 Å². The Bertz CT molecular complexity index is 413. The van der Waals surface area contributed by atoms with Crippen molar-refractivity contribution in [1.29, 1.82) is 0 Å². The van der Waals surface area contributed by atoms with E-state index in [2.05, 4.69) is 0 Å². The topological polar surface area (TPSA) is 49.9 Å². The van der Waals surface area contributed by atoms with Crippen molar-refractivity contribution >= 4 is 23.6 Å². The molecule has 0 unspecified atom stereocenters. The molecule has 1 aliphatic heterocycles. The zero-order valence-corrected chi connectivity index (χ0v) is 14.4. The fourth-order valence-electron chi connectivity index (χ4n) is 2.23. The van der Waals surface area contributed by atoms with Crippen molar-refractivity contribution in [3.63, 3.8) is 0 Å². The molecule has 0 N–H and O–H groups in total. The van der Waals surface area contributed by atoms with Crippen LogP contribution in [0, 0.1) is 0 Å². The van der Waals surface area contributed by atoms with Gasteiger partial charge in [0, 0.05) is 17.8 Å². The number of hydrogen-bond acceptors (Lipinski definition) is 5. The van der Waals surface area contributed by atoms with Crippen molar-refractivity contribution in [3.8, 4) is 0 Å². The van der Waals surface area contributed by atoms with Gasteiger partial charge in [-0.2, -0.15) is 24.9 Å². The Kier molecular flexibility index (Phi) is 7.66. The number of halogens is 3. The Balaban J connectivity index is 2.41. The standard InChI is InChI=1S/C14H23F3N2O3S/c1-10(2)19(9-14(15,16)17)12(20)7-22-13(21)6-18(3)11-4-5-23-8-11/h10-11H,4-9H2,1-3H3/t11-/m1/s1. The molecule has 0 spiro atoms. The summed E-state index contributed by atoms with van der Waals surface area (Å²) in [6.07, 6.45) is -3.50. The predicted octanol–water partition coefficient (Wildman–Crippen LogP) is 1.77. The molecule has 9 heteroatoms. The molecule has 0 bridgehead atoms. The highest BCUT2D eigenvalue weighted by Crippen LogP contribution is 2.21. The molecule has 23 heavy (non-hydrogen) atoms. The van der Waals surface area contributed by atoms with E-state index < -0.39 is 37.2 Å². The van der Waals surface area contributed by atoms with Gasteiger partial charge in [0.15, 0.2) is 6.61 Å². The first kappa shape index (κ1) is 20.1. The molecule has 1 heterocycles. The second kappa shape index (κ2) is 8.77. The first-order valence-electron chi connectivity index (χ1n) is 7.40. The highest BCUT2D eigenvalue weighted by Gasteiger charge is 2.34. The van der Waals surface area contributed by atoms with Gasteiger partial charge in [0.25, 0.3) is 5.91 Å². The summed E-state index contributed by atoms with van der Waals surface area (Å²) in [5.74, 6) is 0.539. The van der Waals surface area contributed by atoms with E-state index in [0.29, 0.717) is 10.9 Å². The average Bonchev–Trinajstić information content (AvgIpc) is 2.95. The maximum Gasteiger partial charge on any atom is 0.406 e. The summed E-state index contributed by atoms with van der Waals surface area (Å²) < 4.78 is 42.2. The molecule has 1 amide bonds. The van der Waals surface area contributed by atoms with E-state index in [1.807, 2.05) is 16.7 Å². The minimum absolute atomic E-state index is 0.0272. The van der Waals surface area contributed by atoms with E-state index in [1.54, 1.807) is 7.05 Å². The van der Waals surface area contributed by atoms with Gasteiger partial charge < -0.3 is 9.64 Å². The molecule has 0 saturated carbocycles. The highest BCUT2D eigenvalue weighted by atomic mass is 32.2. The molecular formula is C14H23F3N2O3S. The van der Waals surface area contributed by atoms with E-state index in [0.717, 1.165) is 17.9 Å². The van der Waals surface area contributed by atoms with E-state index in [4.69, 9.17) is 4.74 Å². The largest absolute Gasteiger partial charge is 0.455 e. The minimum Gasteiger partial charge on any atom is -0.455 e. The summed E-state index contributed by atoms with van der Waals surface area (Å²) in [6.45, 7) is 0.980. The molecule has 5 nitrogen and oxygen atoms in total. The normalized spacial score (nSPS) is 18.5. The van der Waals surface area contributed by atoms with Crippen LogP contribution in [-0.4, -0.2) is 78.2 Å². The second-order valence-corrected chi connectivity index (χ2v) is 6.97. The van der Waals surface area contributed by atoms with Crippen LogP contribution < -0.4 is 0 Å². The molecule has 0 aromatic heterocycles. The Morgan fingerprint density at radius 1 is 1.35 bits per heavy atom. The lowest BCUT2D eigenvalue weighted by Crippen LogP contribution is -2.45. The van der Waals surface area contributed by atoms with Gasteiger partial charge in [-0.15, -0.1) is 0 Å². The number of thioether (sulfide) groups is 1. The summed E-state index contributed by atoms with van der Waals surface area (Å²) in [5, 5.41) is 0. The summed E-state index contributed by atoms with van der Waals surface area (Å²) in [6, 6.07) is -0.332. The van der Waals surface area contributed by atoms with Gasteiger partial charge in [0.2, 0.25) is 0 Å². The van der Waals surface area contributed by atoms with E-state index in [-0.39, 0.29) is 6.54 Å². The smallest absolute Gasteiger partial charge is 0.406 e. The second-order valence-electron chi connectivity index (χ2n) is 5.82. The van der Waals surface area contributed by atoms with Crippen LogP contribution in [-0.2, 0) is 14.3 Å². The van der Waals surface area contributed by atoms with Crippen molar-refractivity contribution in [1.82, 2.24) is 9.80 Å². The van der Waals surface area contributed by atoms with Gasteiger partial charge in [0.05, 0.1) is 6.54 Å². The third-order valence-corrected chi connectivity index (χ3v) is 4.70. The van der Waals surface area contributed by atoms with Crippen LogP contribution in [0.15, 0.2) is 0 Å². The zero-order chi connectivity index (χ0) is 17.6. The molecule has 1 aliphatic rings. The first-order valence-corrected chi connectivity index (χ1v) is 8.55. The van der Waals surface area contributed by atoms with Gasteiger partial charge in [0.1, 0.15) is 6.54 Å². The number of esters is 1. The van der Waals surface area contributed by atoms with E-state index >= 15 is 0 Å². The number of nitrogens with zero attached hydrogens (tertiary/aromatic N) is 2. The lowest BCUT2D eigenvalue weighted by Gasteiger charge is -2.27. The number of ether oxygens (including phenoxy) is 1. The van der Waals surface area contributed by atoms with Crippen molar-refractivity contribution in [2.24, 2.45) is 0 Å². The fourth-order valence-corrected chi connectivity index (χ4v) is 3.52. The third-order valence-electron chi connectivity index (χ3n) is 3.56. The van der Waals surface area contributed by atoms with Crippen LogP contribution in [0.4, 0.5) is 13.2 Å². The van der Waals surface area contributed by atoms with Crippen LogP contribution >= 0.6 is 11.8 Å². The van der Waals surface area contributed by atoms with Gasteiger partial charge >= 0.3 is 12.1 Å². The molecule has 1 saturated heterocycles. The number of rotatable bonds is 7. The molecule has 134 valence electrons. The Labute approximate surface area is 138 Å². The lowest BCUT2D eigenvalue weighted by atomic mass is 10.2. The third kappa shape index (κ3) is 7.43. The summed E-state index contributed by atoms with van der Waals surface area (Å²) in [7, 11) is 1.80. The molecule has 0 aromatic carbocycles. The lowest BCUT2D eigenvalue weighted by molar-refractivity contribution is -0.169. The molecule has 0 aromatic rings. The van der Waals surface area contributed by atoms with Crippen molar-refractivity contribution in [2.75, 3.05) is 38.2 Å². The van der Waals surface area contributed by atoms with Crippen LogP contribution in [0.5, 0.6) is 0 Å². The summed E-state index contributed by atoms with van der Waals surface area (Å²) in [4.78, 5) is 26.1. The van der Waals surface area contributed by atoms with Gasteiger partial charge in [-0.05, 0) is 33.1 Å². The SMILES string of the molecule is CC(C)N(CC(F)(F)F)C(=O)COC(=O)CN(C)[C@@H]1CCSC1. The number of likely N-dealkylation sites (N-methyl/N-ethyl adjacent to an activating group) is 1. The summed E-state index contributed by atoms with van der Waals surface area (Å²) >= 11 is 1.81. The first-order chi connectivity index (χ1) is 10.6. The fraction of sp³-hybridized carbons (Fsp3) is 0.857. The van der Waals surface area contributed by atoms with Crippen LogP contribution in [0.1, 0.15) is 20.3 Å². The van der Waals surface area contributed by atoms with Crippen LogP contribution in [0.2, 0.25) is 0 Å². The zero-order valence-electron chi connectivity index (χ0n) is 13.6. The number of alkyl halides is 3. The van der Waals surface area contributed by atoms with E-state index in [1.165, 1.54) is 13.8 Å². The number of carbonyl (C=O) groups excluding carboxylic acids is 2. The molecular weight excluding hydrogens is 333 g/mol. The molecule has 1 atom stereocenters. The Morgan fingerprint density at radius 2 is 2.00 bits per heavy atom. The highest BCUT2D eigenvalue weighted by molar-refractivity contribution is 7.99. The van der Waals surface area contributed by atoms with Gasteiger partial charge in [-0.25, -0.2) is 0 Å². The number of hydrogen-bond donors (Lipinski definition) is 0. The summed E-state index contributed by atoms with van der Waals surface area (Å²) in [5.41, 5.74) is 0. The molecule has 0 radical (unpaired) electrons. The Hall–Kier alpha value is -0.960. The number of amides is 1. The van der Waals surface area contributed by atoms with Gasteiger partial charge in [-0.3, -0.25) is 14.5 Å². The average molecular weight is 356 g/mol. The molecule has 0 aliphatic carbocycles. The molecule has 1 fully saturated rings. The minimum atomic E-state index is -4.48. The predicted molar refractivity (Wildman–Crippen MR) is 82.2 cm³/mol. The maximum atomic E-state index is 12.5. The monoisotopic (exact) mass is 356 g/mol. The van der Waals surface area contributed by atoms with Crippen molar-refractivity contribution < 1.29 is 27.5 Å². The molecule has 1 rings (SSSR count). The quantitative estimate of drug-likeness (QED) is 0.651. The number of carbonyl (C=O) groups is 2. The maximum absolute atomic E-state index is 12.5. The van der Waals surface area contributed by atoms with Crippen LogP contribution in [0.3, 0.4) is 0 Å². The van der Waals surface area contributed by atoms with Crippen molar-refractivity contribution in [2.45, 2.75) is 38.5 Å². The Morgan fingerprint density at radius 3 is 2.48 bits per heavy atom. The van der Waals surface area contributed by atoms with E-state index in [9.17, 15) is 22.8 Å².